The number of rotatable bonds is 5. The Morgan fingerprint density at radius 3 is 2.71 bits per heavy atom. The Balaban J connectivity index is 2.07. The van der Waals surface area contributed by atoms with Gasteiger partial charge in [-0.25, -0.2) is 9.97 Å². The van der Waals surface area contributed by atoms with Crippen LogP contribution in [0.2, 0.25) is 0 Å². The first-order chi connectivity index (χ1) is 10.1. The molecule has 2 aromatic rings. The van der Waals surface area contributed by atoms with Crippen LogP contribution < -0.4 is 10.6 Å². The van der Waals surface area contributed by atoms with Crippen molar-refractivity contribution < 1.29 is 4.79 Å². The zero-order chi connectivity index (χ0) is 15.2. The third-order valence-electron chi connectivity index (χ3n) is 2.94. The van der Waals surface area contributed by atoms with Crippen molar-refractivity contribution in [1.82, 2.24) is 9.97 Å². The number of carbonyl (C=O) groups is 1. The number of anilines is 2. The molecule has 0 radical (unpaired) electrons. The normalized spacial score (nSPS) is 10.0. The molecule has 108 valence electrons. The van der Waals surface area contributed by atoms with Crippen molar-refractivity contribution in [2.45, 2.75) is 13.8 Å². The van der Waals surface area contributed by atoms with Gasteiger partial charge in [0.15, 0.2) is 0 Å². The first kappa shape index (κ1) is 14.7. The van der Waals surface area contributed by atoms with Crippen molar-refractivity contribution in [3.63, 3.8) is 0 Å². The molecule has 2 N–H and O–H groups in total. The minimum atomic E-state index is -0.273. The molecule has 5 heteroatoms. The largest absolute Gasteiger partial charge is 0.365 e. The van der Waals surface area contributed by atoms with Crippen molar-refractivity contribution in [2.75, 3.05) is 17.2 Å². The highest BCUT2D eigenvalue weighted by Gasteiger charge is 2.09. The molecule has 0 aliphatic rings. The lowest BCUT2D eigenvalue weighted by molar-refractivity contribution is 0.102. The number of hydrogen-bond acceptors (Lipinski definition) is 4. The van der Waals surface area contributed by atoms with Crippen molar-refractivity contribution in [2.24, 2.45) is 0 Å². The minimum Gasteiger partial charge on any atom is -0.365 e. The standard InChI is InChI=1S/C16H18N4O/c1-4-7-17-15-10-18-14(9-19-15)16(21)20-13-6-5-11(2)8-12(13)3/h4-6,8-10H,1,7H2,2-3H3,(H,17,19)(H,20,21). The summed E-state index contributed by atoms with van der Waals surface area (Å²) >= 11 is 0. The first-order valence-corrected chi connectivity index (χ1v) is 6.65. The fraction of sp³-hybridized carbons (Fsp3) is 0.188. The van der Waals surface area contributed by atoms with Crippen LogP contribution in [0.1, 0.15) is 21.6 Å². The van der Waals surface area contributed by atoms with Crippen molar-refractivity contribution in [3.05, 3.63) is 60.1 Å². The van der Waals surface area contributed by atoms with Gasteiger partial charge in [0.2, 0.25) is 0 Å². The number of amides is 1. The lowest BCUT2D eigenvalue weighted by Gasteiger charge is -2.09. The summed E-state index contributed by atoms with van der Waals surface area (Å²) < 4.78 is 0. The van der Waals surface area contributed by atoms with Crippen LogP contribution in [0.5, 0.6) is 0 Å². The molecule has 0 atom stereocenters. The molecule has 1 amide bonds. The summed E-state index contributed by atoms with van der Waals surface area (Å²) in [4.78, 5) is 20.4. The third-order valence-corrected chi connectivity index (χ3v) is 2.94. The maximum atomic E-state index is 12.1. The fourth-order valence-electron chi connectivity index (χ4n) is 1.85. The molecule has 1 aromatic carbocycles. The van der Waals surface area contributed by atoms with E-state index in [4.69, 9.17) is 0 Å². The summed E-state index contributed by atoms with van der Waals surface area (Å²) in [5, 5.41) is 5.84. The second kappa shape index (κ2) is 6.65. The van der Waals surface area contributed by atoms with E-state index in [-0.39, 0.29) is 11.6 Å². The number of hydrogen-bond donors (Lipinski definition) is 2. The number of nitrogens with one attached hydrogen (secondary N) is 2. The number of carbonyl (C=O) groups excluding carboxylic acids is 1. The maximum absolute atomic E-state index is 12.1. The van der Waals surface area contributed by atoms with Crippen LogP contribution >= 0.6 is 0 Å². The molecule has 1 heterocycles. The van der Waals surface area contributed by atoms with Crippen molar-refractivity contribution in [3.8, 4) is 0 Å². The SMILES string of the molecule is C=CCNc1cnc(C(=O)Nc2ccc(C)cc2C)cn1. The monoisotopic (exact) mass is 282 g/mol. The second-order valence-electron chi connectivity index (χ2n) is 4.73. The molecular formula is C16H18N4O. The van der Waals surface area contributed by atoms with Gasteiger partial charge < -0.3 is 10.6 Å². The predicted octanol–water partition coefficient (Wildman–Crippen LogP) is 2.94. The zero-order valence-electron chi connectivity index (χ0n) is 12.2. The molecule has 1 aromatic heterocycles. The Hall–Kier alpha value is -2.69. The Morgan fingerprint density at radius 1 is 1.29 bits per heavy atom. The highest BCUT2D eigenvalue weighted by Crippen LogP contribution is 2.16. The van der Waals surface area contributed by atoms with E-state index in [0.717, 1.165) is 16.8 Å². The van der Waals surface area contributed by atoms with E-state index in [1.165, 1.54) is 12.4 Å². The van der Waals surface area contributed by atoms with Crippen LogP contribution in [0.4, 0.5) is 11.5 Å². The first-order valence-electron chi connectivity index (χ1n) is 6.65. The molecule has 0 bridgehead atoms. The molecule has 2 rings (SSSR count). The molecule has 0 fully saturated rings. The van der Waals surface area contributed by atoms with Gasteiger partial charge in [0, 0.05) is 12.2 Å². The van der Waals surface area contributed by atoms with Gasteiger partial charge in [-0.3, -0.25) is 4.79 Å². The molecule has 5 nitrogen and oxygen atoms in total. The zero-order valence-corrected chi connectivity index (χ0v) is 12.2. The summed E-state index contributed by atoms with van der Waals surface area (Å²) in [6.45, 7) is 8.18. The number of benzene rings is 1. The van der Waals surface area contributed by atoms with Crippen LogP contribution in [0.15, 0.2) is 43.2 Å². The maximum Gasteiger partial charge on any atom is 0.275 e. The van der Waals surface area contributed by atoms with Crippen molar-refractivity contribution >= 4 is 17.4 Å². The van der Waals surface area contributed by atoms with Gasteiger partial charge in [-0.05, 0) is 25.5 Å². The molecule has 21 heavy (non-hydrogen) atoms. The minimum absolute atomic E-state index is 0.273. The van der Waals surface area contributed by atoms with Gasteiger partial charge in [-0.15, -0.1) is 6.58 Å². The lowest BCUT2D eigenvalue weighted by atomic mass is 10.1. The third kappa shape index (κ3) is 3.89. The Bertz CT molecular complexity index is 650. The average molecular weight is 282 g/mol. The molecule has 0 aliphatic heterocycles. The second-order valence-corrected chi connectivity index (χ2v) is 4.73. The van der Waals surface area contributed by atoms with E-state index in [2.05, 4.69) is 27.2 Å². The molecular weight excluding hydrogens is 264 g/mol. The van der Waals surface area contributed by atoms with E-state index < -0.39 is 0 Å². The van der Waals surface area contributed by atoms with Gasteiger partial charge in [0.1, 0.15) is 11.5 Å². The smallest absolute Gasteiger partial charge is 0.275 e. The van der Waals surface area contributed by atoms with Crippen LogP contribution in [-0.2, 0) is 0 Å². The van der Waals surface area contributed by atoms with Gasteiger partial charge in [-0.2, -0.15) is 0 Å². The van der Waals surface area contributed by atoms with Crippen LogP contribution in [0.3, 0.4) is 0 Å². The fourth-order valence-corrected chi connectivity index (χ4v) is 1.85. The average Bonchev–Trinajstić information content (AvgIpc) is 2.48. The van der Waals surface area contributed by atoms with Gasteiger partial charge in [-0.1, -0.05) is 23.8 Å². The molecule has 0 unspecified atom stereocenters. The van der Waals surface area contributed by atoms with Crippen molar-refractivity contribution in [1.29, 1.82) is 0 Å². The van der Waals surface area contributed by atoms with Gasteiger partial charge >= 0.3 is 0 Å². The molecule has 0 aliphatic carbocycles. The number of nitrogens with zero attached hydrogens (tertiary/aromatic N) is 2. The Morgan fingerprint density at radius 2 is 2.10 bits per heavy atom. The highest BCUT2D eigenvalue weighted by molar-refractivity contribution is 6.03. The van der Waals surface area contributed by atoms with E-state index in [1.54, 1.807) is 6.08 Å². The quantitative estimate of drug-likeness (QED) is 0.827. The Kier molecular flexibility index (Phi) is 4.66. The Labute approximate surface area is 124 Å². The topological polar surface area (TPSA) is 66.9 Å². The highest BCUT2D eigenvalue weighted by atomic mass is 16.1. The summed E-state index contributed by atoms with van der Waals surface area (Å²) in [6.07, 6.45) is 4.70. The molecule has 0 saturated heterocycles. The summed E-state index contributed by atoms with van der Waals surface area (Å²) in [7, 11) is 0. The van der Waals surface area contributed by atoms with E-state index in [9.17, 15) is 4.79 Å². The summed E-state index contributed by atoms with van der Waals surface area (Å²) in [5.41, 5.74) is 3.23. The number of aryl methyl sites for hydroxylation is 2. The van der Waals surface area contributed by atoms with Crippen LogP contribution in [-0.4, -0.2) is 22.4 Å². The summed E-state index contributed by atoms with van der Waals surface area (Å²) in [6, 6.07) is 5.86. The van der Waals surface area contributed by atoms with Crippen LogP contribution in [0.25, 0.3) is 0 Å². The van der Waals surface area contributed by atoms with Gasteiger partial charge in [0.05, 0.1) is 12.4 Å². The van der Waals surface area contributed by atoms with E-state index >= 15 is 0 Å². The lowest BCUT2D eigenvalue weighted by Crippen LogP contribution is -2.15. The number of aromatic nitrogens is 2. The van der Waals surface area contributed by atoms with E-state index in [0.29, 0.717) is 12.4 Å². The summed E-state index contributed by atoms with van der Waals surface area (Å²) in [5.74, 6) is 0.336. The van der Waals surface area contributed by atoms with Crippen LogP contribution in [0, 0.1) is 13.8 Å². The molecule has 0 saturated carbocycles. The molecule has 0 spiro atoms. The predicted molar refractivity (Wildman–Crippen MR) is 84.6 cm³/mol. The van der Waals surface area contributed by atoms with E-state index in [1.807, 2.05) is 32.0 Å². The van der Waals surface area contributed by atoms with Gasteiger partial charge in [0.25, 0.3) is 5.91 Å².